The van der Waals surface area contributed by atoms with Crippen LogP contribution in [0.25, 0.3) is 0 Å². The predicted molar refractivity (Wildman–Crippen MR) is 94.6 cm³/mol. The molecule has 2 aromatic rings. The summed E-state index contributed by atoms with van der Waals surface area (Å²) in [7, 11) is 0. The van der Waals surface area contributed by atoms with Crippen LogP contribution in [-0.4, -0.2) is 18.4 Å². The van der Waals surface area contributed by atoms with Gasteiger partial charge in [0, 0.05) is 10.9 Å². The van der Waals surface area contributed by atoms with Crippen LogP contribution in [-0.2, 0) is 17.6 Å². The molecular formula is C18H19FN2O3S. The van der Waals surface area contributed by atoms with Crippen LogP contribution in [0.15, 0.2) is 24.3 Å². The van der Waals surface area contributed by atoms with Crippen LogP contribution < -0.4 is 15.8 Å². The number of halogens is 1. The van der Waals surface area contributed by atoms with Gasteiger partial charge in [0.15, 0.2) is 6.61 Å². The van der Waals surface area contributed by atoms with Gasteiger partial charge in [0.1, 0.15) is 16.6 Å². The topological polar surface area (TPSA) is 81.4 Å². The second kappa shape index (κ2) is 7.23. The molecule has 1 aromatic carbocycles. The zero-order chi connectivity index (χ0) is 18.0. The quantitative estimate of drug-likeness (QED) is 0.857. The van der Waals surface area contributed by atoms with Gasteiger partial charge in [-0.15, -0.1) is 11.3 Å². The number of hydrogen-bond acceptors (Lipinski definition) is 4. The van der Waals surface area contributed by atoms with Crippen molar-refractivity contribution in [3.63, 3.8) is 0 Å². The maximum atomic E-state index is 13.1. The number of hydrogen-bond donors (Lipinski definition) is 2. The zero-order valence-corrected chi connectivity index (χ0v) is 14.6. The van der Waals surface area contributed by atoms with E-state index < -0.39 is 17.6 Å². The summed E-state index contributed by atoms with van der Waals surface area (Å²) in [6.07, 6.45) is 2.68. The van der Waals surface area contributed by atoms with Gasteiger partial charge in [-0.2, -0.15) is 0 Å². The second-order valence-corrected chi connectivity index (χ2v) is 7.32. The lowest BCUT2D eigenvalue weighted by Crippen LogP contribution is -2.22. The Bertz CT molecular complexity index is 819. The highest BCUT2D eigenvalue weighted by molar-refractivity contribution is 7.17. The van der Waals surface area contributed by atoms with E-state index in [0.717, 1.165) is 29.7 Å². The second-order valence-electron chi connectivity index (χ2n) is 6.21. The summed E-state index contributed by atoms with van der Waals surface area (Å²) in [5, 5.41) is 3.18. The molecule has 7 heteroatoms. The van der Waals surface area contributed by atoms with Crippen LogP contribution >= 0.6 is 11.3 Å². The van der Waals surface area contributed by atoms with Gasteiger partial charge in [-0.25, -0.2) is 4.39 Å². The Morgan fingerprint density at radius 3 is 2.96 bits per heavy atom. The molecule has 0 saturated heterocycles. The van der Waals surface area contributed by atoms with E-state index in [4.69, 9.17) is 10.5 Å². The third kappa shape index (κ3) is 3.99. The molecule has 25 heavy (non-hydrogen) atoms. The van der Waals surface area contributed by atoms with E-state index in [1.54, 1.807) is 6.07 Å². The highest BCUT2D eigenvalue weighted by Crippen LogP contribution is 2.39. The molecule has 0 bridgehead atoms. The maximum absolute atomic E-state index is 13.1. The first-order valence-electron chi connectivity index (χ1n) is 8.06. The van der Waals surface area contributed by atoms with Crippen molar-refractivity contribution < 1.29 is 18.7 Å². The maximum Gasteiger partial charge on any atom is 0.262 e. The van der Waals surface area contributed by atoms with Crippen molar-refractivity contribution in [1.82, 2.24) is 0 Å². The summed E-state index contributed by atoms with van der Waals surface area (Å²) in [6, 6.07) is 5.56. The number of fused-ring (bicyclic) bond motifs is 1. The van der Waals surface area contributed by atoms with Crippen molar-refractivity contribution in [2.45, 2.75) is 26.2 Å². The van der Waals surface area contributed by atoms with Gasteiger partial charge in [-0.05, 0) is 42.9 Å². The molecular weight excluding hydrogens is 343 g/mol. The third-order valence-electron chi connectivity index (χ3n) is 4.18. The Hall–Kier alpha value is -2.41. The van der Waals surface area contributed by atoms with Crippen molar-refractivity contribution in [1.29, 1.82) is 0 Å². The molecule has 3 rings (SSSR count). The molecule has 1 heterocycles. The molecule has 1 atom stereocenters. The summed E-state index contributed by atoms with van der Waals surface area (Å²) in [5.74, 6) is -0.572. The molecule has 2 amide bonds. The Morgan fingerprint density at radius 2 is 2.24 bits per heavy atom. The van der Waals surface area contributed by atoms with Gasteiger partial charge >= 0.3 is 0 Å². The lowest BCUT2D eigenvalue weighted by atomic mass is 9.88. The predicted octanol–water partition coefficient (Wildman–Crippen LogP) is 3.13. The molecule has 1 aromatic heterocycles. The lowest BCUT2D eigenvalue weighted by Gasteiger charge is -2.18. The third-order valence-corrected chi connectivity index (χ3v) is 5.35. The summed E-state index contributed by atoms with van der Waals surface area (Å²) >= 11 is 1.40. The minimum Gasteiger partial charge on any atom is -0.484 e. The van der Waals surface area contributed by atoms with Crippen LogP contribution in [0.1, 0.15) is 34.1 Å². The number of ether oxygens (including phenoxy) is 1. The largest absolute Gasteiger partial charge is 0.484 e. The first kappa shape index (κ1) is 17.4. The number of rotatable bonds is 5. The number of carbonyl (C=O) groups excluding carboxylic acids is 2. The van der Waals surface area contributed by atoms with Crippen molar-refractivity contribution in [3.05, 3.63) is 46.1 Å². The first-order chi connectivity index (χ1) is 11.9. The standard InChI is InChI=1S/C18H19FN2O3S/c1-10-5-6-13-14(7-10)25-18(16(13)17(20)23)21-15(22)9-24-12-4-2-3-11(19)8-12/h2-4,8,10H,5-7,9H2,1H3,(H2,20,23)(H,21,22)/t10-/m1/s1. The molecule has 0 spiro atoms. The highest BCUT2D eigenvalue weighted by Gasteiger charge is 2.27. The number of primary amides is 1. The molecule has 5 nitrogen and oxygen atoms in total. The number of benzene rings is 1. The van der Waals surface area contributed by atoms with E-state index in [9.17, 15) is 14.0 Å². The number of thiophene rings is 1. The average Bonchev–Trinajstić information content (AvgIpc) is 2.90. The van der Waals surface area contributed by atoms with Crippen molar-refractivity contribution in [2.75, 3.05) is 11.9 Å². The van der Waals surface area contributed by atoms with E-state index in [2.05, 4.69) is 12.2 Å². The number of anilines is 1. The first-order valence-corrected chi connectivity index (χ1v) is 8.88. The van der Waals surface area contributed by atoms with Gasteiger partial charge in [-0.3, -0.25) is 9.59 Å². The summed E-state index contributed by atoms with van der Waals surface area (Å²) in [4.78, 5) is 25.1. The normalized spacial score (nSPS) is 16.2. The number of nitrogens with one attached hydrogen (secondary N) is 1. The molecule has 3 N–H and O–H groups in total. The molecule has 1 aliphatic carbocycles. The molecule has 0 fully saturated rings. The van der Waals surface area contributed by atoms with Crippen LogP contribution in [0.4, 0.5) is 9.39 Å². The van der Waals surface area contributed by atoms with Crippen LogP contribution in [0.3, 0.4) is 0 Å². The molecule has 1 aliphatic rings. The Morgan fingerprint density at radius 1 is 1.44 bits per heavy atom. The Labute approximate surface area is 149 Å². The van der Waals surface area contributed by atoms with Crippen molar-refractivity contribution in [3.8, 4) is 5.75 Å². The summed E-state index contributed by atoms with van der Waals surface area (Å²) in [5.41, 5.74) is 6.88. The van der Waals surface area contributed by atoms with E-state index >= 15 is 0 Å². The summed E-state index contributed by atoms with van der Waals surface area (Å²) in [6.45, 7) is 1.89. The monoisotopic (exact) mass is 362 g/mol. The molecule has 0 aliphatic heterocycles. The minimum atomic E-state index is -0.534. The van der Waals surface area contributed by atoms with Crippen LogP contribution in [0.5, 0.6) is 5.75 Å². The van der Waals surface area contributed by atoms with Gasteiger partial charge in [0.05, 0.1) is 5.56 Å². The summed E-state index contributed by atoms with van der Waals surface area (Å²) < 4.78 is 18.4. The fourth-order valence-corrected chi connectivity index (χ4v) is 4.40. The average molecular weight is 362 g/mol. The Kier molecular flexibility index (Phi) is 5.03. The van der Waals surface area contributed by atoms with Gasteiger partial charge in [-0.1, -0.05) is 13.0 Å². The van der Waals surface area contributed by atoms with Gasteiger partial charge < -0.3 is 15.8 Å². The van der Waals surface area contributed by atoms with Gasteiger partial charge in [0.2, 0.25) is 0 Å². The Balaban J connectivity index is 1.71. The SMILES string of the molecule is C[C@@H]1CCc2c(sc(NC(=O)COc3cccc(F)c3)c2C(N)=O)C1. The lowest BCUT2D eigenvalue weighted by molar-refractivity contribution is -0.118. The molecule has 132 valence electrons. The number of amides is 2. The van der Waals surface area contributed by atoms with Crippen LogP contribution in [0, 0.1) is 11.7 Å². The number of nitrogens with two attached hydrogens (primary N) is 1. The van der Waals surface area contributed by atoms with E-state index in [-0.39, 0.29) is 12.4 Å². The smallest absolute Gasteiger partial charge is 0.262 e. The van der Waals surface area contributed by atoms with Crippen molar-refractivity contribution in [2.24, 2.45) is 11.7 Å². The highest BCUT2D eigenvalue weighted by atomic mass is 32.1. The van der Waals surface area contributed by atoms with Crippen molar-refractivity contribution >= 4 is 28.2 Å². The molecule has 0 unspecified atom stereocenters. The molecule has 0 radical (unpaired) electrons. The van der Waals surface area contributed by atoms with E-state index in [0.29, 0.717) is 16.5 Å². The fraction of sp³-hybridized carbons (Fsp3) is 0.333. The van der Waals surface area contributed by atoms with Gasteiger partial charge in [0.25, 0.3) is 11.8 Å². The minimum absolute atomic E-state index is 0.268. The fourth-order valence-electron chi connectivity index (χ4n) is 2.97. The van der Waals surface area contributed by atoms with E-state index in [1.807, 2.05) is 0 Å². The molecule has 0 saturated carbocycles. The number of carbonyl (C=O) groups is 2. The van der Waals surface area contributed by atoms with E-state index in [1.165, 1.54) is 29.5 Å². The van der Waals surface area contributed by atoms with Crippen LogP contribution in [0.2, 0.25) is 0 Å². The zero-order valence-electron chi connectivity index (χ0n) is 13.8.